The highest BCUT2D eigenvalue weighted by atomic mass is 32.2. The van der Waals surface area contributed by atoms with Gasteiger partial charge in [-0.1, -0.05) is 32.1 Å². The minimum absolute atomic E-state index is 0.0939. The third-order valence-electron chi connectivity index (χ3n) is 6.07. The Morgan fingerprint density at radius 2 is 1.72 bits per heavy atom. The molecule has 7 nitrogen and oxygen atoms in total. The summed E-state index contributed by atoms with van der Waals surface area (Å²) in [6.45, 7) is 1.43. The molecule has 1 aliphatic heterocycles. The summed E-state index contributed by atoms with van der Waals surface area (Å²) in [6, 6.07) is 4.74. The third-order valence-corrected chi connectivity index (χ3v) is 7.99. The van der Waals surface area contributed by atoms with Crippen molar-refractivity contribution in [3.05, 3.63) is 18.2 Å². The molecule has 1 saturated carbocycles. The predicted molar refractivity (Wildman–Crippen MR) is 111 cm³/mol. The standard InChI is InChI=1S/C21H32N2O5S/c1-27-18-9-10-19(28-2)20(16-18)29(25,26)23-14-12-22(13-15-23)21(24)11-8-17-6-4-3-5-7-17/h9-10,16-17H,3-8,11-15H2,1-2H3. The van der Waals surface area contributed by atoms with E-state index in [-0.39, 0.29) is 29.6 Å². The van der Waals surface area contributed by atoms with Gasteiger partial charge in [0, 0.05) is 38.7 Å². The first-order chi connectivity index (χ1) is 14.0. The van der Waals surface area contributed by atoms with Crippen LogP contribution in [-0.4, -0.2) is 63.9 Å². The number of benzene rings is 1. The maximum atomic E-state index is 13.1. The average Bonchev–Trinajstić information content (AvgIpc) is 2.77. The minimum atomic E-state index is -3.73. The molecule has 1 amide bonds. The molecule has 0 aromatic heterocycles. The second kappa shape index (κ2) is 9.80. The molecule has 0 N–H and O–H groups in total. The molecular weight excluding hydrogens is 392 g/mol. The Morgan fingerprint density at radius 1 is 1.03 bits per heavy atom. The SMILES string of the molecule is COc1ccc(OC)c(S(=O)(=O)N2CCN(C(=O)CCC3CCCCC3)CC2)c1. The number of nitrogens with zero attached hydrogens (tertiary/aromatic N) is 2. The number of rotatable bonds is 7. The first kappa shape index (κ1) is 21.9. The summed E-state index contributed by atoms with van der Waals surface area (Å²) in [7, 11) is -0.781. The van der Waals surface area contributed by atoms with Crippen molar-refractivity contribution in [3.8, 4) is 11.5 Å². The van der Waals surface area contributed by atoms with E-state index in [0.717, 1.165) is 6.42 Å². The van der Waals surface area contributed by atoms with Gasteiger partial charge < -0.3 is 14.4 Å². The topological polar surface area (TPSA) is 76.2 Å². The molecule has 8 heteroatoms. The first-order valence-corrected chi connectivity index (χ1v) is 11.9. The van der Waals surface area contributed by atoms with Crippen LogP contribution >= 0.6 is 0 Å². The molecule has 2 aliphatic rings. The van der Waals surface area contributed by atoms with Crippen LogP contribution in [0.1, 0.15) is 44.9 Å². The molecule has 0 spiro atoms. The summed E-state index contributed by atoms with van der Waals surface area (Å²) in [5.74, 6) is 1.57. The van der Waals surface area contributed by atoms with Crippen molar-refractivity contribution in [3.63, 3.8) is 0 Å². The number of ether oxygens (including phenoxy) is 2. The van der Waals surface area contributed by atoms with Gasteiger partial charge in [-0.15, -0.1) is 0 Å². The molecule has 1 aromatic carbocycles. The zero-order valence-corrected chi connectivity index (χ0v) is 18.2. The van der Waals surface area contributed by atoms with Crippen molar-refractivity contribution >= 4 is 15.9 Å². The number of sulfonamides is 1. The summed E-state index contributed by atoms with van der Waals surface area (Å²) in [4.78, 5) is 14.5. The van der Waals surface area contributed by atoms with E-state index in [2.05, 4.69) is 0 Å². The number of hydrogen-bond donors (Lipinski definition) is 0. The van der Waals surface area contributed by atoms with Crippen molar-refractivity contribution in [2.75, 3.05) is 40.4 Å². The molecule has 1 heterocycles. The van der Waals surface area contributed by atoms with Gasteiger partial charge in [-0.25, -0.2) is 8.42 Å². The van der Waals surface area contributed by atoms with Gasteiger partial charge in [-0.05, 0) is 24.5 Å². The summed E-state index contributed by atoms with van der Waals surface area (Å²) in [5, 5.41) is 0. The monoisotopic (exact) mass is 424 g/mol. The van der Waals surface area contributed by atoms with Crippen molar-refractivity contribution in [1.29, 1.82) is 0 Å². The third kappa shape index (κ3) is 5.22. The number of carbonyl (C=O) groups is 1. The quantitative estimate of drug-likeness (QED) is 0.673. The van der Waals surface area contributed by atoms with Crippen LogP contribution in [0.4, 0.5) is 0 Å². The molecule has 0 atom stereocenters. The molecule has 3 rings (SSSR count). The second-order valence-corrected chi connectivity index (χ2v) is 9.75. The molecule has 2 fully saturated rings. The van der Waals surface area contributed by atoms with Crippen molar-refractivity contribution in [1.82, 2.24) is 9.21 Å². The van der Waals surface area contributed by atoms with E-state index in [1.807, 2.05) is 0 Å². The van der Waals surface area contributed by atoms with E-state index in [4.69, 9.17) is 9.47 Å². The van der Waals surface area contributed by atoms with Gasteiger partial charge in [0.1, 0.15) is 16.4 Å². The second-order valence-electron chi connectivity index (χ2n) is 7.84. The Balaban J connectivity index is 1.58. The number of amides is 1. The van der Waals surface area contributed by atoms with Crippen LogP contribution in [0, 0.1) is 5.92 Å². The van der Waals surface area contributed by atoms with Crippen LogP contribution in [-0.2, 0) is 14.8 Å². The molecule has 0 radical (unpaired) electrons. The van der Waals surface area contributed by atoms with Crippen LogP contribution < -0.4 is 9.47 Å². The lowest BCUT2D eigenvalue weighted by Gasteiger charge is -2.34. The van der Waals surface area contributed by atoms with E-state index < -0.39 is 10.0 Å². The molecular formula is C21H32N2O5S. The first-order valence-electron chi connectivity index (χ1n) is 10.5. The molecule has 0 bridgehead atoms. The smallest absolute Gasteiger partial charge is 0.247 e. The zero-order chi connectivity index (χ0) is 20.9. The number of methoxy groups -OCH3 is 2. The lowest BCUT2D eigenvalue weighted by atomic mass is 9.86. The van der Waals surface area contributed by atoms with Crippen LogP contribution in [0.5, 0.6) is 11.5 Å². The van der Waals surface area contributed by atoms with Crippen LogP contribution in [0.2, 0.25) is 0 Å². The van der Waals surface area contributed by atoms with E-state index >= 15 is 0 Å². The van der Waals surface area contributed by atoms with E-state index in [9.17, 15) is 13.2 Å². The van der Waals surface area contributed by atoms with Gasteiger partial charge in [0.15, 0.2) is 0 Å². The lowest BCUT2D eigenvalue weighted by molar-refractivity contribution is -0.132. The normalized spacial score (nSPS) is 19.2. The largest absolute Gasteiger partial charge is 0.497 e. The van der Waals surface area contributed by atoms with Crippen molar-refractivity contribution < 1.29 is 22.7 Å². The fourth-order valence-corrected chi connectivity index (χ4v) is 5.86. The highest BCUT2D eigenvalue weighted by molar-refractivity contribution is 7.89. The molecule has 29 heavy (non-hydrogen) atoms. The summed E-state index contributed by atoms with van der Waals surface area (Å²) < 4.78 is 38.1. The van der Waals surface area contributed by atoms with Gasteiger partial charge in [0.05, 0.1) is 14.2 Å². The number of piperazine rings is 1. The average molecular weight is 425 g/mol. The zero-order valence-electron chi connectivity index (χ0n) is 17.4. The van der Waals surface area contributed by atoms with Gasteiger partial charge in [-0.3, -0.25) is 4.79 Å². The number of carbonyl (C=O) groups excluding carboxylic acids is 1. The van der Waals surface area contributed by atoms with Crippen molar-refractivity contribution in [2.45, 2.75) is 49.8 Å². The van der Waals surface area contributed by atoms with Crippen LogP contribution in [0.3, 0.4) is 0 Å². The van der Waals surface area contributed by atoms with Crippen LogP contribution in [0.25, 0.3) is 0 Å². The summed E-state index contributed by atoms with van der Waals surface area (Å²) in [6.07, 6.45) is 7.88. The summed E-state index contributed by atoms with van der Waals surface area (Å²) >= 11 is 0. The minimum Gasteiger partial charge on any atom is -0.497 e. The summed E-state index contributed by atoms with van der Waals surface area (Å²) in [5.41, 5.74) is 0. The fraction of sp³-hybridized carbons (Fsp3) is 0.667. The highest BCUT2D eigenvalue weighted by Gasteiger charge is 2.32. The maximum absolute atomic E-state index is 13.1. The van der Waals surface area contributed by atoms with E-state index in [0.29, 0.717) is 31.2 Å². The fourth-order valence-electron chi connectivity index (χ4n) is 4.26. The highest BCUT2D eigenvalue weighted by Crippen LogP contribution is 2.31. The number of hydrogen-bond acceptors (Lipinski definition) is 5. The van der Waals surface area contributed by atoms with E-state index in [1.54, 1.807) is 17.0 Å². The Bertz CT molecular complexity index is 797. The Morgan fingerprint density at radius 3 is 2.34 bits per heavy atom. The lowest BCUT2D eigenvalue weighted by Crippen LogP contribution is -2.50. The molecule has 0 unspecified atom stereocenters. The Hall–Kier alpha value is -1.80. The van der Waals surface area contributed by atoms with Gasteiger partial charge >= 0.3 is 0 Å². The van der Waals surface area contributed by atoms with Gasteiger partial charge in [0.2, 0.25) is 15.9 Å². The predicted octanol–water partition coefficient (Wildman–Crippen LogP) is 2.90. The maximum Gasteiger partial charge on any atom is 0.247 e. The van der Waals surface area contributed by atoms with E-state index in [1.165, 1.54) is 56.7 Å². The molecule has 162 valence electrons. The van der Waals surface area contributed by atoms with Crippen molar-refractivity contribution in [2.24, 2.45) is 5.92 Å². The Kier molecular flexibility index (Phi) is 7.40. The molecule has 1 saturated heterocycles. The van der Waals surface area contributed by atoms with Gasteiger partial charge in [0.25, 0.3) is 0 Å². The van der Waals surface area contributed by atoms with Gasteiger partial charge in [-0.2, -0.15) is 4.31 Å². The van der Waals surface area contributed by atoms with Crippen LogP contribution in [0.15, 0.2) is 23.1 Å². The Labute approximate surface area is 174 Å². The molecule has 1 aromatic rings. The molecule has 1 aliphatic carbocycles.